The van der Waals surface area contributed by atoms with Gasteiger partial charge in [-0.25, -0.2) is 4.79 Å². The van der Waals surface area contributed by atoms with Crippen molar-refractivity contribution in [2.24, 2.45) is 5.92 Å². The molecule has 2 amide bonds. The van der Waals surface area contributed by atoms with E-state index in [0.29, 0.717) is 0 Å². The number of fused-ring (bicyclic) bond motifs is 3. The first-order chi connectivity index (χ1) is 16.0. The van der Waals surface area contributed by atoms with Crippen LogP contribution in [0.5, 0.6) is 0 Å². The predicted molar refractivity (Wildman–Crippen MR) is 121 cm³/mol. The molecular weight excluding hydrogens is 424 g/mol. The molecule has 8 nitrogen and oxygen atoms in total. The predicted octanol–water partition coefficient (Wildman–Crippen LogP) is 2.69. The first kappa shape index (κ1) is 22.5. The molecule has 3 atom stereocenters. The zero-order valence-electron chi connectivity index (χ0n) is 18.0. The van der Waals surface area contributed by atoms with Crippen LogP contribution in [0.4, 0.5) is 4.79 Å². The van der Waals surface area contributed by atoms with Crippen LogP contribution in [0.1, 0.15) is 23.5 Å². The van der Waals surface area contributed by atoms with Crippen molar-refractivity contribution in [2.75, 3.05) is 19.8 Å². The number of carbonyl (C=O) groups is 3. The normalized spacial score (nSPS) is 19.8. The van der Waals surface area contributed by atoms with E-state index in [1.807, 2.05) is 36.4 Å². The summed E-state index contributed by atoms with van der Waals surface area (Å²) in [4.78, 5) is 36.6. The van der Waals surface area contributed by atoms with Gasteiger partial charge in [0.1, 0.15) is 18.6 Å². The van der Waals surface area contributed by atoms with Crippen LogP contribution < -0.4 is 10.6 Å². The van der Waals surface area contributed by atoms with Crippen LogP contribution in [0, 0.1) is 5.92 Å². The van der Waals surface area contributed by atoms with E-state index >= 15 is 0 Å². The van der Waals surface area contributed by atoms with Gasteiger partial charge < -0.3 is 25.2 Å². The zero-order chi connectivity index (χ0) is 23.4. The lowest BCUT2D eigenvalue weighted by Crippen LogP contribution is -2.52. The van der Waals surface area contributed by atoms with E-state index in [0.717, 1.165) is 22.3 Å². The van der Waals surface area contributed by atoms with Crippen LogP contribution in [-0.2, 0) is 19.1 Å². The minimum absolute atomic E-state index is 0.0339. The highest BCUT2D eigenvalue weighted by Crippen LogP contribution is 2.44. The van der Waals surface area contributed by atoms with Crippen molar-refractivity contribution < 1.29 is 29.0 Å². The first-order valence-corrected chi connectivity index (χ1v) is 10.8. The molecule has 0 radical (unpaired) electrons. The molecule has 1 saturated heterocycles. The average Bonchev–Trinajstić information content (AvgIpc) is 3.40. The van der Waals surface area contributed by atoms with Gasteiger partial charge in [0.25, 0.3) is 0 Å². The summed E-state index contributed by atoms with van der Waals surface area (Å²) in [5.41, 5.74) is 4.43. The van der Waals surface area contributed by atoms with Crippen molar-refractivity contribution in [3.8, 4) is 11.1 Å². The van der Waals surface area contributed by atoms with Gasteiger partial charge >= 0.3 is 12.1 Å². The quantitative estimate of drug-likeness (QED) is 0.533. The van der Waals surface area contributed by atoms with Gasteiger partial charge in [-0.05, 0) is 28.7 Å². The lowest BCUT2D eigenvalue weighted by atomic mass is 9.98. The minimum atomic E-state index is -1.04. The van der Waals surface area contributed by atoms with Crippen molar-refractivity contribution >= 4 is 18.0 Å². The summed E-state index contributed by atoms with van der Waals surface area (Å²) in [6.07, 6.45) is 0.950. The maximum Gasteiger partial charge on any atom is 0.407 e. The number of aliphatic carboxylic acids is 1. The zero-order valence-corrected chi connectivity index (χ0v) is 18.0. The van der Waals surface area contributed by atoms with Gasteiger partial charge in [-0.2, -0.15) is 0 Å². The molecule has 1 fully saturated rings. The standard InChI is InChI=1S/C25H26N2O6/c1-2-7-21(23(28)26-22-14-32-12-20(22)24(29)30)27-25(31)33-13-19-17-10-5-3-8-15(17)16-9-4-6-11-18(16)19/h2-6,8-11,19-22H,1,7,12-14H2,(H,26,28)(H,27,31)(H,29,30). The largest absolute Gasteiger partial charge is 0.481 e. The van der Waals surface area contributed by atoms with Gasteiger partial charge in [0.15, 0.2) is 0 Å². The first-order valence-electron chi connectivity index (χ1n) is 10.8. The second kappa shape index (κ2) is 9.87. The summed E-state index contributed by atoms with van der Waals surface area (Å²) in [6, 6.07) is 14.4. The van der Waals surface area contributed by atoms with Crippen molar-refractivity contribution in [1.29, 1.82) is 0 Å². The fourth-order valence-electron chi connectivity index (χ4n) is 4.40. The van der Waals surface area contributed by atoms with E-state index in [9.17, 15) is 19.5 Å². The SMILES string of the molecule is C=CCC(NC(=O)OCC1c2ccccc2-c2ccccc21)C(=O)NC1COCC1C(=O)O. The van der Waals surface area contributed by atoms with Crippen molar-refractivity contribution in [3.63, 3.8) is 0 Å². The van der Waals surface area contributed by atoms with Crippen LogP contribution in [-0.4, -0.2) is 55.0 Å². The molecule has 1 heterocycles. The summed E-state index contributed by atoms with van der Waals surface area (Å²) in [5, 5.41) is 14.5. The average molecular weight is 450 g/mol. The van der Waals surface area contributed by atoms with Gasteiger partial charge in [0.05, 0.1) is 19.3 Å². The molecule has 0 bridgehead atoms. The molecule has 33 heavy (non-hydrogen) atoms. The van der Waals surface area contributed by atoms with Crippen molar-refractivity contribution in [1.82, 2.24) is 10.6 Å². The number of benzene rings is 2. The van der Waals surface area contributed by atoms with Crippen molar-refractivity contribution in [3.05, 3.63) is 72.3 Å². The van der Waals surface area contributed by atoms with E-state index in [4.69, 9.17) is 9.47 Å². The fraction of sp³-hybridized carbons (Fsp3) is 0.320. The summed E-state index contributed by atoms with van der Waals surface area (Å²) in [5.74, 6) is -2.47. The fourth-order valence-corrected chi connectivity index (χ4v) is 4.40. The molecule has 172 valence electrons. The van der Waals surface area contributed by atoms with Gasteiger partial charge in [-0.1, -0.05) is 54.6 Å². The molecule has 0 aromatic heterocycles. The number of rotatable bonds is 8. The molecule has 0 saturated carbocycles. The maximum absolute atomic E-state index is 12.7. The Bertz CT molecular complexity index is 1020. The maximum atomic E-state index is 12.7. The third-order valence-corrected chi connectivity index (χ3v) is 6.08. The second-order valence-electron chi connectivity index (χ2n) is 8.14. The van der Waals surface area contributed by atoms with Crippen LogP contribution in [0.3, 0.4) is 0 Å². The molecule has 2 aromatic rings. The number of carbonyl (C=O) groups excluding carboxylic acids is 2. The third kappa shape index (κ3) is 4.75. The Kier molecular flexibility index (Phi) is 6.74. The Hall–Kier alpha value is -3.65. The Morgan fingerprint density at radius 1 is 1.09 bits per heavy atom. The highest BCUT2D eigenvalue weighted by molar-refractivity contribution is 5.87. The number of amides is 2. The van der Waals surface area contributed by atoms with Crippen LogP contribution in [0.25, 0.3) is 11.1 Å². The van der Waals surface area contributed by atoms with E-state index in [1.54, 1.807) is 0 Å². The van der Waals surface area contributed by atoms with E-state index < -0.39 is 36.0 Å². The van der Waals surface area contributed by atoms with Crippen LogP contribution >= 0.6 is 0 Å². The number of hydrogen-bond acceptors (Lipinski definition) is 5. The lowest BCUT2D eigenvalue weighted by Gasteiger charge is -2.22. The molecule has 1 aliphatic carbocycles. The molecule has 1 aliphatic heterocycles. The van der Waals surface area contributed by atoms with Gasteiger partial charge in [0, 0.05) is 5.92 Å². The smallest absolute Gasteiger partial charge is 0.407 e. The van der Waals surface area contributed by atoms with Gasteiger partial charge in [-0.3, -0.25) is 9.59 Å². The topological polar surface area (TPSA) is 114 Å². The van der Waals surface area contributed by atoms with E-state index in [-0.39, 0.29) is 32.2 Å². The van der Waals surface area contributed by atoms with E-state index in [1.165, 1.54) is 6.08 Å². The Morgan fingerprint density at radius 2 is 1.73 bits per heavy atom. The van der Waals surface area contributed by atoms with Crippen LogP contribution in [0.15, 0.2) is 61.2 Å². The highest BCUT2D eigenvalue weighted by Gasteiger charge is 2.36. The highest BCUT2D eigenvalue weighted by atomic mass is 16.5. The van der Waals surface area contributed by atoms with Crippen LogP contribution in [0.2, 0.25) is 0 Å². The number of carboxylic acid groups (broad SMARTS) is 1. The Labute approximate surface area is 191 Å². The summed E-state index contributed by atoms with van der Waals surface area (Å²) >= 11 is 0. The molecule has 2 aliphatic rings. The third-order valence-electron chi connectivity index (χ3n) is 6.08. The minimum Gasteiger partial charge on any atom is -0.481 e. The van der Waals surface area contributed by atoms with Crippen molar-refractivity contribution in [2.45, 2.75) is 24.4 Å². The molecule has 0 spiro atoms. The molecule has 3 unspecified atom stereocenters. The number of ether oxygens (including phenoxy) is 2. The molecule has 8 heteroatoms. The van der Waals surface area contributed by atoms with E-state index in [2.05, 4.69) is 29.3 Å². The monoisotopic (exact) mass is 450 g/mol. The lowest BCUT2D eigenvalue weighted by molar-refractivity contribution is -0.142. The number of alkyl carbamates (subject to hydrolysis) is 1. The molecule has 2 aromatic carbocycles. The summed E-state index contributed by atoms with van der Waals surface area (Å²) in [7, 11) is 0. The van der Waals surface area contributed by atoms with Gasteiger partial charge in [0.2, 0.25) is 5.91 Å². The number of hydrogen-bond donors (Lipinski definition) is 3. The van der Waals surface area contributed by atoms with Gasteiger partial charge in [-0.15, -0.1) is 6.58 Å². The molecule has 3 N–H and O–H groups in total. The Morgan fingerprint density at radius 3 is 2.33 bits per heavy atom. The number of nitrogens with one attached hydrogen (secondary N) is 2. The Balaban J connectivity index is 1.38. The molecule has 4 rings (SSSR count). The summed E-state index contributed by atoms with van der Waals surface area (Å²) in [6.45, 7) is 3.90. The number of carboxylic acids is 1. The second-order valence-corrected chi connectivity index (χ2v) is 8.14. The molecular formula is C25H26N2O6. The summed E-state index contributed by atoms with van der Waals surface area (Å²) < 4.78 is 10.7.